The summed E-state index contributed by atoms with van der Waals surface area (Å²) in [5, 5.41) is 0. The number of ether oxygens (including phenoxy) is 1. The van der Waals surface area contributed by atoms with Gasteiger partial charge in [0.1, 0.15) is 11.6 Å². The number of halogens is 1. The van der Waals surface area contributed by atoms with E-state index in [2.05, 4.69) is 0 Å². The number of benzene rings is 2. The Morgan fingerprint density at radius 3 is 2.68 bits per heavy atom. The Morgan fingerprint density at radius 1 is 1.21 bits per heavy atom. The van der Waals surface area contributed by atoms with Gasteiger partial charge >= 0.3 is 0 Å². The van der Waals surface area contributed by atoms with Crippen LogP contribution in [0.5, 0.6) is 5.75 Å². The number of para-hydroxylation sites is 1. The fourth-order valence-corrected chi connectivity index (χ4v) is 5.09. The van der Waals surface area contributed by atoms with Crippen molar-refractivity contribution in [2.45, 2.75) is 32.4 Å². The molecule has 1 amide bonds. The zero-order valence-corrected chi connectivity index (χ0v) is 16.6. The van der Waals surface area contributed by atoms with E-state index >= 15 is 0 Å². The van der Waals surface area contributed by atoms with Crippen molar-refractivity contribution in [3.63, 3.8) is 0 Å². The topological polar surface area (TPSA) is 63.7 Å². The lowest BCUT2D eigenvalue weighted by atomic mass is 10.1. The highest BCUT2D eigenvalue weighted by Crippen LogP contribution is 2.26. The van der Waals surface area contributed by atoms with Gasteiger partial charge in [0.15, 0.2) is 9.84 Å². The van der Waals surface area contributed by atoms with E-state index in [0.29, 0.717) is 29.9 Å². The Morgan fingerprint density at radius 2 is 2.00 bits per heavy atom. The van der Waals surface area contributed by atoms with Crippen LogP contribution in [0.15, 0.2) is 48.5 Å². The van der Waals surface area contributed by atoms with Crippen LogP contribution in [0.2, 0.25) is 0 Å². The third-order valence-electron chi connectivity index (χ3n) is 4.73. The lowest BCUT2D eigenvalue weighted by Crippen LogP contribution is -2.40. The molecule has 1 saturated heterocycles. The van der Waals surface area contributed by atoms with Gasteiger partial charge in [0.2, 0.25) is 0 Å². The van der Waals surface area contributed by atoms with Gasteiger partial charge in [-0.2, -0.15) is 0 Å². The summed E-state index contributed by atoms with van der Waals surface area (Å²) < 4.78 is 43.3. The van der Waals surface area contributed by atoms with Crippen molar-refractivity contribution < 1.29 is 22.3 Å². The quantitative estimate of drug-likeness (QED) is 0.708. The van der Waals surface area contributed by atoms with Gasteiger partial charge in [-0.1, -0.05) is 31.2 Å². The number of sulfone groups is 1. The van der Waals surface area contributed by atoms with Crippen molar-refractivity contribution in [3.8, 4) is 5.75 Å². The van der Waals surface area contributed by atoms with Crippen molar-refractivity contribution >= 4 is 15.7 Å². The zero-order chi connectivity index (χ0) is 20.1. The van der Waals surface area contributed by atoms with Crippen LogP contribution in [0.4, 0.5) is 4.39 Å². The highest BCUT2D eigenvalue weighted by Gasteiger charge is 2.35. The fraction of sp³-hybridized carbons (Fsp3) is 0.381. The van der Waals surface area contributed by atoms with E-state index in [9.17, 15) is 17.6 Å². The second kappa shape index (κ2) is 8.73. The third kappa shape index (κ3) is 4.90. The van der Waals surface area contributed by atoms with Crippen LogP contribution in [0.3, 0.4) is 0 Å². The van der Waals surface area contributed by atoms with Gasteiger partial charge in [0.25, 0.3) is 5.91 Å². The number of hydrogen-bond donors (Lipinski definition) is 0. The van der Waals surface area contributed by atoms with E-state index in [1.807, 2.05) is 6.92 Å². The SMILES string of the molecule is CCCOc1ccccc1C(=O)N(Cc1cccc(F)c1)[C@H]1CCS(=O)(=O)C1. The second-order valence-corrected chi connectivity index (χ2v) is 9.19. The van der Waals surface area contributed by atoms with Gasteiger partial charge in [-0.25, -0.2) is 12.8 Å². The summed E-state index contributed by atoms with van der Waals surface area (Å²) in [5.41, 5.74) is 1.00. The first-order valence-corrected chi connectivity index (χ1v) is 11.2. The molecule has 0 saturated carbocycles. The molecule has 150 valence electrons. The van der Waals surface area contributed by atoms with Crippen LogP contribution < -0.4 is 4.74 Å². The van der Waals surface area contributed by atoms with Crippen LogP contribution in [0, 0.1) is 5.82 Å². The molecule has 0 spiro atoms. The number of amides is 1. The summed E-state index contributed by atoms with van der Waals surface area (Å²) >= 11 is 0. The lowest BCUT2D eigenvalue weighted by Gasteiger charge is -2.29. The normalized spacial score (nSPS) is 18.0. The van der Waals surface area contributed by atoms with Gasteiger partial charge in [0.05, 0.1) is 23.7 Å². The molecule has 5 nitrogen and oxygen atoms in total. The van der Waals surface area contributed by atoms with Crippen LogP contribution in [0.25, 0.3) is 0 Å². The van der Waals surface area contributed by atoms with Crippen LogP contribution in [-0.4, -0.2) is 43.4 Å². The number of rotatable bonds is 7. The molecule has 1 aliphatic heterocycles. The second-order valence-electron chi connectivity index (χ2n) is 6.96. The molecular formula is C21H24FNO4S. The maximum absolute atomic E-state index is 13.6. The molecule has 1 fully saturated rings. The molecule has 28 heavy (non-hydrogen) atoms. The van der Waals surface area contributed by atoms with Crippen LogP contribution in [0.1, 0.15) is 35.7 Å². The molecule has 7 heteroatoms. The third-order valence-corrected chi connectivity index (χ3v) is 6.48. The standard InChI is InChI=1S/C21H24FNO4S/c1-2-11-27-20-9-4-3-8-19(20)21(24)23(18-10-12-28(25,26)15-18)14-16-6-5-7-17(22)13-16/h3-9,13,18H,2,10-12,14-15H2,1H3/t18-/m0/s1. The average Bonchev–Trinajstić information content (AvgIpc) is 3.03. The highest BCUT2D eigenvalue weighted by molar-refractivity contribution is 7.91. The van der Waals surface area contributed by atoms with Crippen molar-refractivity contribution in [3.05, 3.63) is 65.5 Å². The predicted octanol–water partition coefficient (Wildman–Crippen LogP) is 3.44. The zero-order valence-electron chi connectivity index (χ0n) is 15.8. The fourth-order valence-electron chi connectivity index (χ4n) is 3.36. The molecule has 1 atom stereocenters. The number of nitrogens with zero attached hydrogens (tertiary/aromatic N) is 1. The Labute approximate surface area is 165 Å². The number of carbonyl (C=O) groups excluding carboxylic acids is 1. The molecule has 0 aromatic heterocycles. The van der Waals surface area contributed by atoms with E-state index in [-0.39, 0.29) is 24.0 Å². The van der Waals surface area contributed by atoms with E-state index in [0.717, 1.165) is 6.42 Å². The molecule has 0 bridgehead atoms. The van der Waals surface area contributed by atoms with E-state index < -0.39 is 21.7 Å². The van der Waals surface area contributed by atoms with Gasteiger partial charge in [-0.3, -0.25) is 4.79 Å². The predicted molar refractivity (Wildman–Crippen MR) is 106 cm³/mol. The minimum atomic E-state index is -3.18. The maximum atomic E-state index is 13.6. The summed E-state index contributed by atoms with van der Waals surface area (Å²) in [7, 11) is -3.18. The monoisotopic (exact) mass is 405 g/mol. The molecule has 2 aromatic carbocycles. The van der Waals surface area contributed by atoms with Gasteiger partial charge in [-0.05, 0) is 42.7 Å². The number of carbonyl (C=O) groups is 1. The first kappa shape index (κ1) is 20.3. The minimum absolute atomic E-state index is 0.0541. The Hall–Kier alpha value is -2.41. The molecule has 3 rings (SSSR count). The van der Waals surface area contributed by atoms with Crippen molar-refractivity contribution in [1.29, 1.82) is 0 Å². The summed E-state index contributed by atoms with van der Waals surface area (Å²) in [5.74, 6) is -0.252. The van der Waals surface area contributed by atoms with Crippen LogP contribution in [-0.2, 0) is 16.4 Å². The molecule has 0 N–H and O–H groups in total. The van der Waals surface area contributed by atoms with Crippen molar-refractivity contribution in [2.24, 2.45) is 0 Å². The molecular weight excluding hydrogens is 381 g/mol. The summed E-state index contributed by atoms with van der Waals surface area (Å²) in [6.07, 6.45) is 1.18. The summed E-state index contributed by atoms with van der Waals surface area (Å²) in [6, 6.07) is 12.5. The van der Waals surface area contributed by atoms with E-state index in [1.54, 1.807) is 36.4 Å². The Kier molecular flexibility index (Phi) is 6.34. The van der Waals surface area contributed by atoms with Crippen LogP contribution >= 0.6 is 0 Å². The van der Waals surface area contributed by atoms with Gasteiger partial charge in [-0.15, -0.1) is 0 Å². The summed E-state index contributed by atoms with van der Waals surface area (Å²) in [4.78, 5) is 14.9. The molecule has 2 aromatic rings. The number of hydrogen-bond acceptors (Lipinski definition) is 4. The van der Waals surface area contributed by atoms with Gasteiger partial charge in [0, 0.05) is 12.6 Å². The highest BCUT2D eigenvalue weighted by atomic mass is 32.2. The Bertz CT molecular complexity index is 945. The minimum Gasteiger partial charge on any atom is -0.493 e. The maximum Gasteiger partial charge on any atom is 0.258 e. The molecule has 1 heterocycles. The van der Waals surface area contributed by atoms with Crippen molar-refractivity contribution in [1.82, 2.24) is 4.90 Å². The Balaban J connectivity index is 1.93. The smallest absolute Gasteiger partial charge is 0.258 e. The van der Waals surface area contributed by atoms with Crippen molar-refractivity contribution in [2.75, 3.05) is 18.1 Å². The summed E-state index contributed by atoms with van der Waals surface area (Å²) in [6.45, 7) is 2.59. The first-order chi connectivity index (χ1) is 13.4. The first-order valence-electron chi connectivity index (χ1n) is 9.37. The molecule has 0 unspecified atom stereocenters. The van der Waals surface area contributed by atoms with E-state index in [4.69, 9.17) is 4.74 Å². The molecule has 1 aliphatic rings. The average molecular weight is 405 g/mol. The van der Waals surface area contributed by atoms with E-state index in [1.165, 1.54) is 17.0 Å². The largest absolute Gasteiger partial charge is 0.493 e. The molecule has 0 aliphatic carbocycles. The molecule has 0 radical (unpaired) electrons. The lowest BCUT2D eigenvalue weighted by molar-refractivity contribution is 0.0676. The van der Waals surface area contributed by atoms with Gasteiger partial charge < -0.3 is 9.64 Å².